The number of nitrogens with zero attached hydrogens (tertiary/aromatic N) is 4. The molecule has 0 saturated carbocycles. The Morgan fingerprint density at radius 3 is 2.55 bits per heavy atom. The van der Waals surface area contributed by atoms with Crippen LogP contribution >= 0.6 is 24.8 Å². The molecule has 3 rings (SSSR count). The van der Waals surface area contributed by atoms with Crippen LogP contribution in [0.1, 0.15) is 30.8 Å². The first-order valence-corrected chi connectivity index (χ1v) is 6.81. The van der Waals surface area contributed by atoms with Crippen LogP contribution in [-0.4, -0.2) is 44.3 Å². The Bertz CT molecular complexity index is 657. The fourth-order valence-electron chi connectivity index (χ4n) is 2.70. The van der Waals surface area contributed by atoms with Gasteiger partial charge in [0, 0.05) is 43.9 Å². The third-order valence-corrected chi connectivity index (χ3v) is 4.11. The van der Waals surface area contributed by atoms with Crippen LogP contribution < -0.4 is 5.73 Å². The number of amides is 1. The third kappa shape index (κ3) is 3.19. The lowest BCUT2D eigenvalue weighted by atomic mass is 9.79. The number of hydrogen-bond acceptors (Lipinski definition) is 4. The van der Waals surface area contributed by atoms with Gasteiger partial charge in [0.2, 0.25) is 0 Å². The zero-order chi connectivity index (χ0) is 14.3. The van der Waals surface area contributed by atoms with Crippen LogP contribution in [0, 0.1) is 5.41 Å². The summed E-state index contributed by atoms with van der Waals surface area (Å²) in [5.41, 5.74) is 7.05. The molecule has 8 heteroatoms. The van der Waals surface area contributed by atoms with Crippen LogP contribution in [0.25, 0.3) is 5.65 Å². The highest BCUT2D eigenvalue weighted by Gasteiger charge is 2.36. The van der Waals surface area contributed by atoms with Crippen molar-refractivity contribution in [3.05, 3.63) is 30.5 Å². The summed E-state index contributed by atoms with van der Waals surface area (Å²) in [7, 11) is 0. The summed E-state index contributed by atoms with van der Waals surface area (Å²) in [5, 5.41) is 0. The molecule has 22 heavy (non-hydrogen) atoms. The Morgan fingerprint density at radius 1 is 1.27 bits per heavy atom. The molecule has 2 N–H and O–H groups in total. The standard InChI is InChI=1S/C14H19N5O.2ClH/c1-14(2)9-19(6-3-10(14)15)13(20)11-12-17-5-8-18(12)7-4-16-11;;/h4-5,7-8,10H,3,6,9,15H2,1-2H3;2*1H. The summed E-state index contributed by atoms with van der Waals surface area (Å²) in [6, 6.07) is 0.127. The van der Waals surface area contributed by atoms with Gasteiger partial charge in [0.1, 0.15) is 0 Å². The lowest BCUT2D eigenvalue weighted by Crippen LogP contribution is -2.54. The van der Waals surface area contributed by atoms with E-state index in [1.165, 1.54) is 0 Å². The number of piperidine rings is 1. The number of nitrogens with two attached hydrogens (primary N) is 1. The van der Waals surface area contributed by atoms with Gasteiger partial charge in [-0.2, -0.15) is 0 Å². The number of carbonyl (C=O) groups is 1. The van der Waals surface area contributed by atoms with Crippen molar-refractivity contribution in [2.75, 3.05) is 13.1 Å². The quantitative estimate of drug-likeness (QED) is 0.854. The van der Waals surface area contributed by atoms with E-state index in [9.17, 15) is 4.79 Å². The van der Waals surface area contributed by atoms with Crippen molar-refractivity contribution in [2.45, 2.75) is 26.3 Å². The average Bonchev–Trinajstić information content (AvgIpc) is 2.89. The van der Waals surface area contributed by atoms with Crippen molar-refractivity contribution in [1.82, 2.24) is 19.3 Å². The highest BCUT2D eigenvalue weighted by molar-refractivity contribution is 5.97. The monoisotopic (exact) mass is 345 g/mol. The summed E-state index contributed by atoms with van der Waals surface area (Å²) in [4.78, 5) is 22.9. The Labute approximate surface area is 141 Å². The fourth-order valence-corrected chi connectivity index (χ4v) is 2.70. The van der Waals surface area contributed by atoms with Gasteiger partial charge >= 0.3 is 0 Å². The number of likely N-dealkylation sites (tertiary alicyclic amines) is 1. The van der Waals surface area contributed by atoms with E-state index in [0.29, 0.717) is 24.4 Å². The largest absolute Gasteiger partial charge is 0.337 e. The molecule has 1 fully saturated rings. The van der Waals surface area contributed by atoms with Gasteiger partial charge in [-0.15, -0.1) is 24.8 Å². The van der Waals surface area contributed by atoms with Crippen molar-refractivity contribution in [3.63, 3.8) is 0 Å². The number of imidazole rings is 1. The zero-order valence-electron chi connectivity index (χ0n) is 12.6. The summed E-state index contributed by atoms with van der Waals surface area (Å²) in [6.07, 6.45) is 7.71. The first kappa shape index (κ1) is 18.7. The maximum Gasteiger partial charge on any atom is 0.276 e. The van der Waals surface area contributed by atoms with E-state index in [-0.39, 0.29) is 42.2 Å². The second-order valence-electron chi connectivity index (χ2n) is 6.04. The minimum Gasteiger partial charge on any atom is -0.337 e. The maximum absolute atomic E-state index is 12.7. The van der Waals surface area contributed by atoms with E-state index < -0.39 is 0 Å². The van der Waals surface area contributed by atoms with Crippen molar-refractivity contribution < 1.29 is 4.79 Å². The van der Waals surface area contributed by atoms with Gasteiger partial charge in [0.15, 0.2) is 11.3 Å². The molecule has 1 aliphatic rings. The van der Waals surface area contributed by atoms with Gasteiger partial charge in [-0.25, -0.2) is 9.97 Å². The first-order chi connectivity index (χ1) is 9.49. The predicted molar refractivity (Wildman–Crippen MR) is 89.8 cm³/mol. The molecule has 0 spiro atoms. The summed E-state index contributed by atoms with van der Waals surface area (Å²) in [6.45, 7) is 5.52. The molecule has 0 bridgehead atoms. The van der Waals surface area contributed by atoms with E-state index in [1.807, 2.05) is 11.1 Å². The number of carbonyl (C=O) groups excluding carboxylic acids is 1. The molecule has 0 aromatic carbocycles. The minimum absolute atomic E-state index is 0. The molecule has 1 amide bonds. The van der Waals surface area contributed by atoms with Crippen LogP contribution in [0.5, 0.6) is 0 Å². The first-order valence-electron chi connectivity index (χ1n) is 6.81. The van der Waals surface area contributed by atoms with Crippen LogP contribution in [-0.2, 0) is 0 Å². The van der Waals surface area contributed by atoms with Crippen molar-refractivity contribution in [1.29, 1.82) is 0 Å². The molecule has 6 nitrogen and oxygen atoms in total. The number of hydrogen-bond donors (Lipinski definition) is 1. The van der Waals surface area contributed by atoms with E-state index in [0.717, 1.165) is 6.42 Å². The number of halogens is 2. The minimum atomic E-state index is -0.0750. The van der Waals surface area contributed by atoms with Gasteiger partial charge in [0.05, 0.1) is 0 Å². The van der Waals surface area contributed by atoms with E-state index in [2.05, 4.69) is 23.8 Å². The molecule has 3 heterocycles. The van der Waals surface area contributed by atoms with Crippen LogP contribution in [0.3, 0.4) is 0 Å². The molecule has 122 valence electrons. The molecule has 2 aromatic rings. The summed E-state index contributed by atoms with van der Waals surface area (Å²) in [5.74, 6) is -0.0678. The Morgan fingerprint density at radius 2 is 1.91 bits per heavy atom. The average molecular weight is 346 g/mol. The van der Waals surface area contributed by atoms with Gasteiger partial charge in [-0.05, 0) is 11.8 Å². The SMILES string of the molecule is CC1(C)CN(C(=O)c2nccn3ccnc23)CCC1N.Cl.Cl. The molecule has 1 unspecified atom stereocenters. The van der Waals surface area contributed by atoms with Crippen molar-refractivity contribution >= 4 is 36.4 Å². The zero-order valence-corrected chi connectivity index (χ0v) is 14.2. The van der Waals surface area contributed by atoms with Crippen LogP contribution in [0.15, 0.2) is 24.8 Å². The second-order valence-corrected chi connectivity index (χ2v) is 6.04. The molecular weight excluding hydrogens is 325 g/mol. The second kappa shape index (κ2) is 6.81. The topological polar surface area (TPSA) is 76.5 Å². The number of rotatable bonds is 1. The highest BCUT2D eigenvalue weighted by Crippen LogP contribution is 2.28. The van der Waals surface area contributed by atoms with Crippen LogP contribution in [0.4, 0.5) is 0 Å². The smallest absolute Gasteiger partial charge is 0.276 e. The number of aromatic nitrogens is 3. The van der Waals surface area contributed by atoms with E-state index >= 15 is 0 Å². The van der Waals surface area contributed by atoms with Gasteiger partial charge in [0.25, 0.3) is 5.91 Å². The Hall–Kier alpha value is -1.37. The van der Waals surface area contributed by atoms with Gasteiger partial charge in [-0.1, -0.05) is 13.8 Å². The normalized spacial score (nSPS) is 20.1. The number of fused-ring (bicyclic) bond motifs is 1. The molecule has 1 aliphatic heterocycles. The predicted octanol–water partition coefficient (Wildman–Crippen LogP) is 1.77. The molecule has 1 saturated heterocycles. The summed E-state index contributed by atoms with van der Waals surface area (Å²) >= 11 is 0. The third-order valence-electron chi connectivity index (χ3n) is 4.11. The van der Waals surface area contributed by atoms with Gasteiger partial charge < -0.3 is 15.0 Å². The molecule has 0 aliphatic carbocycles. The lowest BCUT2D eigenvalue weighted by Gasteiger charge is -2.42. The lowest BCUT2D eigenvalue weighted by molar-refractivity contribution is 0.0529. The van der Waals surface area contributed by atoms with Crippen molar-refractivity contribution in [2.24, 2.45) is 11.1 Å². The molecule has 1 atom stereocenters. The molecular formula is C14H21Cl2N5O. The fraction of sp³-hybridized carbons (Fsp3) is 0.500. The highest BCUT2D eigenvalue weighted by atomic mass is 35.5. The Balaban J connectivity index is 0.00000121. The van der Waals surface area contributed by atoms with E-state index in [4.69, 9.17) is 5.73 Å². The van der Waals surface area contributed by atoms with Crippen molar-refractivity contribution in [3.8, 4) is 0 Å². The van der Waals surface area contributed by atoms with E-state index in [1.54, 1.807) is 23.0 Å². The van der Waals surface area contributed by atoms with Gasteiger partial charge in [-0.3, -0.25) is 4.79 Å². The van der Waals surface area contributed by atoms with Crippen LogP contribution in [0.2, 0.25) is 0 Å². The molecule has 0 radical (unpaired) electrons. The molecule has 2 aromatic heterocycles. The Kier molecular flexibility index (Phi) is 5.78. The summed E-state index contributed by atoms with van der Waals surface area (Å²) < 4.78 is 1.81. The maximum atomic E-state index is 12.7.